The zero-order valence-electron chi connectivity index (χ0n) is 15.0. The van der Waals surface area contributed by atoms with Crippen molar-refractivity contribution >= 4 is 11.9 Å². The third-order valence-electron chi connectivity index (χ3n) is 3.37. The zero-order chi connectivity index (χ0) is 19.5. The summed E-state index contributed by atoms with van der Waals surface area (Å²) in [6.45, 7) is 4.86. The van der Waals surface area contributed by atoms with Crippen molar-refractivity contribution in [3.8, 4) is 0 Å². The Labute approximate surface area is 155 Å². The van der Waals surface area contributed by atoms with E-state index in [9.17, 15) is 13.2 Å². The highest BCUT2D eigenvalue weighted by molar-refractivity contribution is 5.79. The molecule has 2 aromatic rings. The summed E-state index contributed by atoms with van der Waals surface area (Å²) in [6.07, 6.45) is 1.06. The summed E-state index contributed by atoms with van der Waals surface area (Å²) in [4.78, 5) is 11.7. The van der Waals surface area contributed by atoms with Gasteiger partial charge in [0.25, 0.3) is 0 Å². The highest BCUT2D eigenvalue weighted by Gasteiger charge is 2.32. The minimum atomic E-state index is -4.49. The fraction of sp³-hybridized carbons (Fsp3) is 0.500. The Morgan fingerprint density at radius 3 is 2.78 bits per heavy atom. The number of nitrogens with zero attached hydrogens (tertiary/aromatic N) is 5. The molecule has 2 heterocycles. The van der Waals surface area contributed by atoms with E-state index in [2.05, 4.69) is 36.0 Å². The molecule has 2 rings (SSSR count). The van der Waals surface area contributed by atoms with E-state index in [4.69, 9.17) is 0 Å². The van der Waals surface area contributed by atoms with Gasteiger partial charge < -0.3 is 16.0 Å². The number of aliphatic imine (C=N–C) groups is 1. The van der Waals surface area contributed by atoms with Crippen LogP contribution < -0.4 is 16.0 Å². The molecule has 8 nitrogen and oxygen atoms in total. The zero-order valence-corrected chi connectivity index (χ0v) is 15.0. The van der Waals surface area contributed by atoms with Gasteiger partial charge in [-0.2, -0.15) is 18.3 Å². The average Bonchev–Trinajstić information content (AvgIpc) is 3.15. The summed E-state index contributed by atoms with van der Waals surface area (Å²) in [5, 5.41) is 13.1. The molecule has 0 spiro atoms. The molecular weight excluding hydrogens is 361 g/mol. The topological polar surface area (TPSA) is 92.0 Å². The lowest BCUT2D eigenvalue weighted by Crippen LogP contribution is -2.39. The second-order valence-electron chi connectivity index (χ2n) is 5.50. The van der Waals surface area contributed by atoms with Crippen LogP contribution in [0, 0.1) is 0 Å². The van der Waals surface area contributed by atoms with Gasteiger partial charge in [-0.15, -0.1) is 0 Å². The molecule has 0 aromatic carbocycles. The molecule has 0 saturated heterocycles. The molecule has 11 heteroatoms. The van der Waals surface area contributed by atoms with Crippen molar-refractivity contribution in [3.05, 3.63) is 36.4 Å². The van der Waals surface area contributed by atoms with Crippen molar-refractivity contribution in [3.63, 3.8) is 0 Å². The Bertz CT molecular complexity index is 700. The summed E-state index contributed by atoms with van der Waals surface area (Å²) >= 11 is 0. The van der Waals surface area contributed by atoms with Gasteiger partial charge in [-0.25, -0.2) is 9.97 Å². The van der Waals surface area contributed by atoms with E-state index >= 15 is 0 Å². The maximum Gasteiger partial charge on any atom is 0.433 e. The first-order valence-electron chi connectivity index (χ1n) is 8.62. The molecule has 0 bridgehead atoms. The minimum absolute atomic E-state index is 0.0622. The van der Waals surface area contributed by atoms with Crippen LogP contribution in [-0.4, -0.2) is 51.9 Å². The van der Waals surface area contributed by atoms with Gasteiger partial charge in [-0.1, -0.05) is 0 Å². The van der Waals surface area contributed by atoms with Crippen molar-refractivity contribution in [2.24, 2.45) is 4.99 Å². The van der Waals surface area contributed by atoms with E-state index in [1.54, 1.807) is 6.20 Å². The summed E-state index contributed by atoms with van der Waals surface area (Å²) in [7, 11) is 0. The predicted octanol–water partition coefficient (Wildman–Crippen LogP) is 1.75. The molecule has 0 aliphatic rings. The van der Waals surface area contributed by atoms with Crippen molar-refractivity contribution in [1.29, 1.82) is 0 Å². The fourth-order valence-electron chi connectivity index (χ4n) is 2.15. The highest BCUT2D eigenvalue weighted by Crippen LogP contribution is 2.27. The van der Waals surface area contributed by atoms with Crippen LogP contribution in [-0.2, 0) is 12.7 Å². The largest absolute Gasteiger partial charge is 0.433 e. The van der Waals surface area contributed by atoms with Gasteiger partial charge in [-0.05, 0) is 25.5 Å². The average molecular weight is 384 g/mol. The van der Waals surface area contributed by atoms with Crippen molar-refractivity contribution < 1.29 is 13.2 Å². The molecule has 0 saturated carbocycles. The molecule has 3 N–H and O–H groups in total. The summed E-state index contributed by atoms with van der Waals surface area (Å²) in [6, 6.07) is 2.71. The number of aromatic nitrogens is 4. The lowest BCUT2D eigenvalue weighted by atomic mass is 10.4. The molecule has 2 aromatic heterocycles. The van der Waals surface area contributed by atoms with E-state index in [-0.39, 0.29) is 5.95 Å². The summed E-state index contributed by atoms with van der Waals surface area (Å²) in [5.41, 5.74) is -0.972. The fourth-order valence-corrected chi connectivity index (χ4v) is 2.15. The molecule has 0 amide bonds. The van der Waals surface area contributed by atoms with Crippen LogP contribution in [0.25, 0.3) is 0 Å². The molecule has 0 fully saturated rings. The number of hydrogen-bond acceptors (Lipinski definition) is 5. The standard InChI is InChI=1S/C16H23F3N8/c1-2-20-14(21-6-3-11-27-12-4-7-25-27)23-9-10-24-15-22-8-5-13(26-15)16(17,18)19/h4-5,7-8,12H,2-3,6,9-11H2,1H3,(H2,20,21,23)(H,22,24,26). The van der Waals surface area contributed by atoms with Gasteiger partial charge in [0.05, 0.1) is 0 Å². The number of anilines is 1. The molecular formula is C16H23F3N8. The predicted molar refractivity (Wildman–Crippen MR) is 96.3 cm³/mol. The molecule has 148 valence electrons. The third-order valence-corrected chi connectivity index (χ3v) is 3.37. The number of aryl methyl sites for hydroxylation is 1. The van der Waals surface area contributed by atoms with Crippen molar-refractivity contribution in [2.75, 3.05) is 31.5 Å². The van der Waals surface area contributed by atoms with Gasteiger partial charge in [0.15, 0.2) is 5.96 Å². The van der Waals surface area contributed by atoms with Gasteiger partial charge in [0.2, 0.25) is 5.95 Å². The Morgan fingerprint density at radius 2 is 2.07 bits per heavy atom. The van der Waals surface area contributed by atoms with E-state index < -0.39 is 11.9 Å². The molecule has 27 heavy (non-hydrogen) atoms. The summed E-state index contributed by atoms with van der Waals surface area (Å²) < 4.78 is 39.7. The molecule has 0 atom stereocenters. The van der Waals surface area contributed by atoms with Crippen LogP contribution in [0.15, 0.2) is 35.7 Å². The number of guanidine groups is 1. The first-order valence-corrected chi connectivity index (χ1v) is 8.62. The smallest absolute Gasteiger partial charge is 0.357 e. The Hall–Kier alpha value is -2.85. The van der Waals surface area contributed by atoms with Crippen LogP contribution in [0.3, 0.4) is 0 Å². The number of nitrogens with one attached hydrogen (secondary N) is 3. The van der Waals surface area contributed by atoms with Crippen LogP contribution >= 0.6 is 0 Å². The van der Waals surface area contributed by atoms with Gasteiger partial charge in [0, 0.05) is 51.3 Å². The van der Waals surface area contributed by atoms with Crippen molar-refractivity contribution in [2.45, 2.75) is 26.1 Å². The SMILES string of the molecule is CCNC(=NCCCn1cccn1)NCCNc1nccc(C(F)(F)F)n1. The van der Waals surface area contributed by atoms with Crippen LogP contribution in [0.4, 0.5) is 19.1 Å². The van der Waals surface area contributed by atoms with Crippen LogP contribution in [0.1, 0.15) is 19.0 Å². The van der Waals surface area contributed by atoms with Gasteiger partial charge >= 0.3 is 6.18 Å². The van der Waals surface area contributed by atoms with Gasteiger partial charge in [0.1, 0.15) is 5.69 Å². The summed E-state index contributed by atoms with van der Waals surface area (Å²) in [5.74, 6) is 0.581. The van der Waals surface area contributed by atoms with E-state index in [0.29, 0.717) is 32.1 Å². The Balaban J connectivity index is 1.73. The van der Waals surface area contributed by atoms with Crippen LogP contribution in [0.2, 0.25) is 0 Å². The molecule has 0 aliphatic carbocycles. The van der Waals surface area contributed by atoms with E-state index in [1.807, 2.05) is 23.9 Å². The minimum Gasteiger partial charge on any atom is -0.357 e. The number of halogens is 3. The quantitative estimate of drug-likeness (QED) is 0.347. The molecule has 0 radical (unpaired) electrons. The van der Waals surface area contributed by atoms with Crippen molar-refractivity contribution in [1.82, 2.24) is 30.4 Å². The van der Waals surface area contributed by atoms with E-state index in [1.165, 1.54) is 0 Å². The second-order valence-corrected chi connectivity index (χ2v) is 5.50. The normalized spacial score (nSPS) is 12.1. The van der Waals surface area contributed by atoms with Crippen LogP contribution in [0.5, 0.6) is 0 Å². The van der Waals surface area contributed by atoms with Gasteiger partial charge in [-0.3, -0.25) is 9.67 Å². The molecule has 0 unspecified atom stereocenters. The maximum absolute atomic E-state index is 12.6. The third kappa shape index (κ3) is 7.50. The number of rotatable bonds is 9. The number of alkyl halides is 3. The monoisotopic (exact) mass is 384 g/mol. The highest BCUT2D eigenvalue weighted by atomic mass is 19.4. The number of hydrogen-bond donors (Lipinski definition) is 3. The van der Waals surface area contributed by atoms with E-state index in [0.717, 1.165) is 25.2 Å². The Morgan fingerprint density at radius 1 is 1.22 bits per heavy atom. The lowest BCUT2D eigenvalue weighted by molar-refractivity contribution is -0.141. The first-order chi connectivity index (χ1) is 13.0. The lowest BCUT2D eigenvalue weighted by Gasteiger charge is -2.12. The molecule has 0 aliphatic heterocycles. The maximum atomic E-state index is 12.6. The first kappa shape index (κ1) is 20.5. The Kier molecular flexibility index (Phi) is 7.83. The second kappa shape index (κ2) is 10.3.